The molecule has 0 aliphatic carbocycles. The molecule has 0 N–H and O–H groups in total. The maximum absolute atomic E-state index is 12.6. The molecule has 1 saturated heterocycles. The summed E-state index contributed by atoms with van der Waals surface area (Å²) in [6.07, 6.45) is 1.53. The molecule has 1 aromatic rings. The van der Waals surface area contributed by atoms with Gasteiger partial charge in [-0.25, -0.2) is 8.42 Å². The smallest absolute Gasteiger partial charge is 0.243 e. The standard InChI is InChI=1S/C15H21NO3S/c1-11-6-7-15(9-12(11)2)20(18,19)16-8-4-5-14(10-16)13(3)17/h6-7,9,14H,4-5,8,10H2,1-3H3. The van der Waals surface area contributed by atoms with E-state index in [9.17, 15) is 13.2 Å². The van der Waals surface area contributed by atoms with Crippen molar-refractivity contribution in [3.05, 3.63) is 29.3 Å². The summed E-state index contributed by atoms with van der Waals surface area (Å²) in [4.78, 5) is 11.8. The zero-order chi connectivity index (χ0) is 14.9. The van der Waals surface area contributed by atoms with Gasteiger partial charge in [0.2, 0.25) is 10.0 Å². The van der Waals surface area contributed by atoms with E-state index < -0.39 is 10.0 Å². The van der Waals surface area contributed by atoms with Crippen LogP contribution in [0.2, 0.25) is 0 Å². The fraction of sp³-hybridized carbons (Fsp3) is 0.533. The third kappa shape index (κ3) is 2.94. The van der Waals surface area contributed by atoms with E-state index in [0.29, 0.717) is 18.0 Å². The molecule has 0 radical (unpaired) electrons. The van der Waals surface area contributed by atoms with Crippen LogP contribution in [-0.4, -0.2) is 31.6 Å². The minimum Gasteiger partial charge on any atom is -0.300 e. The average molecular weight is 295 g/mol. The second-order valence-electron chi connectivity index (χ2n) is 5.56. The quantitative estimate of drug-likeness (QED) is 0.859. The number of hydrogen-bond donors (Lipinski definition) is 0. The molecular weight excluding hydrogens is 274 g/mol. The van der Waals surface area contributed by atoms with Gasteiger partial charge in [-0.2, -0.15) is 4.31 Å². The Hall–Kier alpha value is -1.20. The maximum atomic E-state index is 12.6. The predicted molar refractivity (Wildman–Crippen MR) is 78.1 cm³/mol. The van der Waals surface area contributed by atoms with Crippen LogP contribution in [0.25, 0.3) is 0 Å². The Morgan fingerprint density at radius 3 is 2.55 bits per heavy atom. The third-order valence-electron chi connectivity index (χ3n) is 4.08. The predicted octanol–water partition coefficient (Wildman–Crippen LogP) is 2.29. The first kappa shape index (κ1) is 15.2. The Bertz CT molecular complexity index is 622. The van der Waals surface area contributed by atoms with Crippen molar-refractivity contribution in [1.82, 2.24) is 4.31 Å². The first-order chi connectivity index (χ1) is 9.32. The van der Waals surface area contributed by atoms with Crippen LogP contribution in [0.5, 0.6) is 0 Å². The number of rotatable bonds is 3. The molecule has 0 bridgehead atoms. The van der Waals surface area contributed by atoms with E-state index in [1.54, 1.807) is 12.1 Å². The summed E-state index contributed by atoms with van der Waals surface area (Å²) in [5.74, 6) is -0.0879. The Kier molecular flexibility index (Phi) is 4.30. The van der Waals surface area contributed by atoms with Crippen molar-refractivity contribution < 1.29 is 13.2 Å². The van der Waals surface area contributed by atoms with E-state index >= 15 is 0 Å². The Morgan fingerprint density at radius 1 is 1.25 bits per heavy atom. The summed E-state index contributed by atoms with van der Waals surface area (Å²) in [5.41, 5.74) is 2.04. The minimum absolute atomic E-state index is 0.0741. The lowest BCUT2D eigenvalue weighted by atomic mass is 9.96. The number of hydrogen-bond acceptors (Lipinski definition) is 3. The summed E-state index contributed by atoms with van der Waals surface area (Å²) in [6, 6.07) is 5.19. The lowest BCUT2D eigenvalue weighted by Crippen LogP contribution is -2.41. The number of aryl methyl sites for hydroxylation is 2. The Balaban J connectivity index is 2.29. The number of piperidine rings is 1. The van der Waals surface area contributed by atoms with Gasteiger partial charge in [0.1, 0.15) is 5.78 Å². The number of nitrogens with zero attached hydrogens (tertiary/aromatic N) is 1. The minimum atomic E-state index is -3.49. The molecule has 2 rings (SSSR count). The van der Waals surface area contributed by atoms with E-state index in [2.05, 4.69) is 0 Å². The van der Waals surface area contributed by atoms with Gasteiger partial charge < -0.3 is 0 Å². The molecule has 0 saturated carbocycles. The molecule has 0 aromatic heterocycles. The molecule has 20 heavy (non-hydrogen) atoms. The number of ketones is 1. The van der Waals surface area contributed by atoms with E-state index in [1.807, 2.05) is 19.9 Å². The molecule has 1 aromatic carbocycles. The van der Waals surface area contributed by atoms with Gasteiger partial charge in [-0.15, -0.1) is 0 Å². The second kappa shape index (κ2) is 5.66. The SMILES string of the molecule is CC(=O)C1CCCN(S(=O)(=O)c2ccc(C)c(C)c2)C1. The molecule has 0 amide bonds. The van der Waals surface area contributed by atoms with Crippen molar-refractivity contribution in [3.63, 3.8) is 0 Å². The number of sulfonamides is 1. The monoisotopic (exact) mass is 295 g/mol. The van der Waals surface area contributed by atoms with Crippen LogP contribution < -0.4 is 0 Å². The topological polar surface area (TPSA) is 54.5 Å². The number of carbonyl (C=O) groups is 1. The van der Waals surface area contributed by atoms with Crippen molar-refractivity contribution in [2.75, 3.05) is 13.1 Å². The number of benzene rings is 1. The molecule has 5 heteroatoms. The summed E-state index contributed by atoms with van der Waals surface area (Å²) in [5, 5.41) is 0. The lowest BCUT2D eigenvalue weighted by molar-refractivity contribution is -0.121. The van der Waals surface area contributed by atoms with Crippen molar-refractivity contribution in [2.24, 2.45) is 5.92 Å². The van der Waals surface area contributed by atoms with Crippen LogP contribution in [0.3, 0.4) is 0 Å². The highest BCUT2D eigenvalue weighted by molar-refractivity contribution is 7.89. The normalized spacial score (nSPS) is 20.9. The zero-order valence-electron chi connectivity index (χ0n) is 12.2. The van der Waals surface area contributed by atoms with Gasteiger partial charge in [0.05, 0.1) is 4.90 Å². The largest absolute Gasteiger partial charge is 0.300 e. The molecule has 1 heterocycles. The van der Waals surface area contributed by atoms with E-state index in [4.69, 9.17) is 0 Å². The fourth-order valence-corrected chi connectivity index (χ4v) is 4.13. The number of carbonyl (C=O) groups excluding carboxylic acids is 1. The van der Waals surface area contributed by atoms with E-state index in [1.165, 1.54) is 11.2 Å². The van der Waals surface area contributed by atoms with Crippen molar-refractivity contribution >= 4 is 15.8 Å². The first-order valence-electron chi connectivity index (χ1n) is 6.90. The molecule has 4 nitrogen and oxygen atoms in total. The van der Waals surface area contributed by atoms with Crippen LogP contribution in [0.1, 0.15) is 30.9 Å². The summed E-state index contributed by atoms with van der Waals surface area (Å²) < 4.78 is 26.7. The fourth-order valence-electron chi connectivity index (χ4n) is 2.52. The van der Waals surface area contributed by atoms with Crippen LogP contribution in [0.4, 0.5) is 0 Å². The van der Waals surface area contributed by atoms with Crippen LogP contribution in [0.15, 0.2) is 23.1 Å². The maximum Gasteiger partial charge on any atom is 0.243 e. The molecule has 1 atom stereocenters. The van der Waals surface area contributed by atoms with Crippen molar-refractivity contribution in [1.29, 1.82) is 0 Å². The molecule has 110 valence electrons. The van der Waals surface area contributed by atoms with Gasteiger partial charge in [0.25, 0.3) is 0 Å². The van der Waals surface area contributed by atoms with Gasteiger partial charge in [-0.1, -0.05) is 6.07 Å². The highest BCUT2D eigenvalue weighted by Crippen LogP contribution is 2.25. The molecule has 0 spiro atoms. The van der Waals surface area contributed by atoms with Crippen LogP contribution >= 0.6 is 0 Å². The van der Waals surface area contributed by atoms with Gasteiger partial charge in [-0.05, 0) is 56.9 Å². The molecule has 1 aliphatic rings. The molecule has 1 aliphatic heterocycles. The summed E-state index contributed by atoms with van der Waals surface area (Å²) in [7, 11) is -3.49. The first-order valence-corrected chi connectivity index (χ1v) is 8.34. The Morgan fingerprint density at radius 2 is 1.95 bits per heavy atom. The van der Waals surface area contributed by atoms with E-state index in [0.717, 1.165) is 24.0 Å². The van der Waals surface area contributed by atoms with E-state index in [-0.39, 0.29) is 11.7 Å². The number of Topliss-reactive ketones (excluding diaryl/α,β-unsaturated/α-hetero) is 1. The van der Waals surface area contributed by atoms with Crippen LogP contribution in [-0.2, 0) is 14.8 Å². The van der Waals surface area contributed by atoms with Gasteiger partial charge in [0.15, 0.2) is 0 Å². The highest BCUT2D eigenvalue weighted by Gasteiger charge is 2.31. The van der Waals surface area contributed by atoms with Crippen LogP contribution in [0, 0.1) is 19.8 Å². The van der Waals surface area contributed by atoms with Crippen molar-refractivity contribution in [2.45, 2.75) is 38.5 Å². The molecular formula is C15H21NO3S. The summed E-state index contributed by atoms with van der Waals surface area (Å²) >= 11 is 0. The van der Waals surface area contributed by atoms with Gasteiger partial charge in [0, 0.05) is 19.0 Å². The third-order valence-corrected chi connectivity index (χ3v) is 5.94. The molecule has 1 unspecified atom stereocenters. The Labute approximate surface area is 120 Å². The van der Waals surface area contributed by atoms with Gasteiger partial charge in [-0.3, -0.25) is 4.79 Å². The van der Waals surface area contributed by atoms with Gasteiger partial charge >= 0.3 is 0 Å². The summed E-state index contributed by atoms with van der Waals surface area (Å²) in [6.45, 7) is 6.21. The zero-order valence-corrected chi connectivity index (χ0v) is 13.0. The lowest BCUT2D eigenvalue weighted by Gasteiger charge is -2.30. The second-order valence-corrected chi connectivity index (χ2v) is 7.50. The average Bonchev–Trinajstić information content (AvgIpc) is 2.42. The van der Waals surface area contributed by atoms with Crippen molar-refractivity contribution in [3.8, 4) is 0 Å². The highest BCUT2D eigenvalue weighted by atomic mass is 32.2. The molecule has 1 fully saturated rings.